The van der Waals surface area contributed by atoms with E-state index in [1.807, 2.05) is 41.5 Å². The number of benzene rings is 1. The van der Waals surface area contributed by atoms with Gasteiger partial charge in [0.1, 0.15) is 12.1 Å². The predicted octanol–water partition coefficient (Wildman–Crippen LogP) is 2.77. The number of ketones is 1. The molecular weight excluding hydrogens is 640 g/mol. The molecule has 5 N–H and O–H groups in total. The van der Waals surface area contributed by atoms with Gasteiger partial charge >= 0.3 is 6.03 Å². The molecule has 13 heteroatoms. The molecule has 272 valence electrons. The Hall–Kier alpha value is -4.29. The first-order chi connectivity index (χ1) is 23.4. The third kappa shape index (κ3) is 7.56. The first-order valence-corrected chi connectivity index (χ1v) is 17.8. The molecule has 6 atom stereocenters. The Kier molecular flexibility index (Phi) is 10.5. The Bertz CT molecular complexity index is 1520. The summed E-state index contributed by atoms with van der Waals surface area (Å²) in [6.45, 7) is 11.4. The summed E-state index contributed by atoms with van der Waals surface area (Å²) in [6.07, 6.45) is 5.67. The zero-order valence-electron chi connectivity index (χ0n) is 30.0. The SMILES string of the molecule is CC(C)(C)[C@H](NC(=O)N[C@H](CN1C(=O)c2ccccc2C1=O)C(C)(C)C)C(=O)N1C[C@@H]2CCC[C@@H]2[C@H]1C(=O)NC(CC1CCC1)C(=O)C(N)=O. The highest BCUT2D eigenvalue weighted by atomic mass is 16.2. The number of urea groups is 1. The number of hydrogen-bond donors (Lipinski definition) is 4. The van der Waals surface area contributed by atoms with Crippen molar-refractivity contribution < 1.29 is 33.6 Å². The van der Waals surface area contributed by atoms with Gasteiger partial charge in [-0.25, -0.2) is 4.79 Å². The van der Waals surface area contributed by atoms with Gasteiger partial charge < -0.3 is 26.6 Å². The van der Waals surface area contributed by atoms with Gasteiger partial charge in [-0.3, -0.25) is 33.7 Å². The summed E-state index contributed by atoms with van der Waals surface area (Å²) in [4.78, 5) is 95.8. The maximum Gasteiger partial charge on any atom is 0.315 e. The molecule has 5 rings (SSSR count). The number of amides is 7. The van der Waals surface area contributed by atoms with E-state index in [-0.39, 0.29) is 24.3 Å². The molecule has 3 fully saturated rings. The van der Waals surface area contributed by atoms with Crippen molar-refractivity contribution in [1.82, 2.24) is 25.8 Å². The van der Waals surface area contributed by atoms with E-state index in [0.29, 0.717) is 24.1 Å². The maximum absolute atomic E-state index is 14.5. The number of hydrogen-bond acceptors (Lipinski definition) is 7. The molecular formula is C37H52N6O7. The van der Waals surface area contributed by atoms with Gasteiger partial charge in [0.05, 0.1) is 29.8 Å². The number of primary amides is 1. The van der Waals surface area contributed by atoms with Gasteiger partial charge in [-0.1, -0.05) is 79.4 Å². The fourth-order valence-electron chi connectivity index (χ4n) is 7.86. The standard InChI is InChI=1S/C37H52N6O7/c1-36(2,3)26(19-43-32(47)23-14-7-8-15-24(23)33(43)48)40-35(50)41-29(37(4,5)6)34(49)42-18-21-13-10-16-22(21)27(42)31(46)39-25(28(44)30(38)45)17-20-11-9-12-20/h7-8,14-15,20-22,25-27,29H,9-13,16-19H2,1-6H3,(H2,38,45)(H,39,46)(H2,40,41,50)/t21-,22-,25?,26+,27-,29+/m0/s1. The minimum atomic E-state index is -1.10. The average molecular weight is 693 g/mol. The Morgan fingerprint density at radius 1 is 0.840 bits per heavy atom. The molecule has 13 nitrogen and oxygen atoms in total. The summed E-state index contributed by atoms with van der Waals surface area (Å²) in [5.41, 5.74) is 4.62. The van der Waals surface area contributed by atoms with Crippen molar-refractivity contribution in [3.63, 3.8) is 0 Å². The highest BCUT2D eigenvalue weighted by molar-refractivity contribution is 6.37. The van der Waals surface area contributed by atoms with Gasteiger partial charge in [0.25, 0.3) is 17.7 Å². The monoisotopic (exact) mass is 692 g/mol. The number of rotatable bonds is 11. The van der Waals surface area contributed by atoms with E-state index >= 15 is 0 Å². The van der Waals surface area contributed by atoms with Gasteiger partial charge in [-0.2, -0.15) is 0 Å². The molecule has 2 aliphatic carbocycles. The summed E-state index contributed by atoms with van der Waals surface area (Å²) in [7, 11) is 0. The summed E-state index contributed by atoms with van der Waals surface area (Å²) >= 11 is 0. The van der Waals surface area contributed by atoms with Crippen LogP contribution in [0.1, 0.15) is 107 Å². The number of Topliss-reactive ketones (excluding diaryl/α,β-unsaturated/α-hetero) is 1. The number of nitrogens with one attached hydrogen (secondary N) is 3. The Labute approximate surface area is 293 Å². The lowest BCUT2D eigenvalue weighted by atomic mass is 9.80. The van der Waals surface area contributed by atoms with Gasteiger partial charge in [-0.05, 0) is 60.0 Å². The summed E-state index contributed by atoms with van der Waals surface area (Å²) in [5, 5.41) is 8.59. The molecule has 2 aliphatic heterocycles. The normalized spacial score (nSPS) is 23.8. The molecule has 50 heavy (non-hydrogen) atoms. The number of fused-ring (bicyclic) bond motifs is 2. The number of carbonyl (C=O) groups excluding carboxylic acids is 7. The molecule has 4 aliphatic rings. The van der Waals surface area contributed by atoms with E-state index in [1.54, 1.807) is 24.3 Å². The summed E-state index contributed by atoms with van der Waals surface area (Å²) < 4.78 is 0. The van der Waals surface area contributed by atoms with Gasteiger partial charge in [0.2, 0.25) is 17.6 Å². The molecule has 0 bridgehead atoms. The van der Waals surface area contributed by atoms with Crippen molar-refractivity contribution in [1.29, 1.82) is 0 Å². The molecule has 1 unspecified atom stereocenters. The molecule has 2 heterocycles. The van der Waals surface area contributed by atoms with Crippen LogP contribution in [0.4, 0.5) is 4.79 Å². The second kappa shape index (κ2) is 14.1. The van der Waals surface area contributed by atoms with E-state index < -0.39 is 76.3 Å². The van der Waals surface area contributed by atoms with Crippen LogP contribution in [0.25, 0.3) is 0 Å². The average Bonchev–Trinajstić information content (AvgIpc) is 3.68. The summed E-state index contributed by atoms with van der Waals surface area (Å²) in [6, 6.07) is 2.31. The molecule has 1 aromatic carbocycles. The van der Waals surface area contributed by atoms with E-state index in [2.05, 4.69) is 16.0 Å². The second-order valence-corrected chi connectivity index (χ2v) is 16.7. The highest BCUT2D eigenvalue weighted by Gasteiger charge is 2.52. The number of carbonyl (C=O) groups is 7. The quantitative estimate of drug-likeness (QED) is 0.203. The fraction of sp³-hybridized carbons (Fsp3) is 0.649. The minimum absolute atomic E-state index is 0.0683. The number of likely N-dealkylation sites (tertiary alicyclic amines) is 1. The van der Waals surface area contributed by atoms with E-state index in [1.165, 1.54) is 4.90 Å². The molecule has 1 saturated heterocycles. The minimum Gasteiger partial charge on any atom is -0.363 e. The zero-order chi connectivity index (χ0) is 36.7. The molecule has 2 saturated carbocycles. The lowest BCUT2D eigenvalue weighted by Gasteiger charge is -2.38. The number of nitrogens with two attached hydrogens (primary N) is 1. The predicted molar refractivity (Wildman–Crippen MR) is 184 cm³/mol. The van der Waals surface area contributed by atoms with E-state index in [4.69, 9.17) is 5.73 Å². The Morgan fingerprint density at radius 3 is 1.96 bits per heavy atom. The Morgan fingerprint density at radius 2 is 1.44 bits per heavy atom. The molecule has 0 aromatic heterocycles. The number of nitrogens with zero attached hydrogens (tertiary/aromatic N) is 2. The molecule has 0 radical (unpaired) electrons. The zero-order valence-corrected chi connectivity index (χ0v) is 30.0. The van der Waals surface area contributed by atoms with Crippen LogP contribution in [0.15, 0.2) is 24.3 Å². The van der Waals surface area contributed by atoms with E-state index in [9.17, 15) is 33.6 Å². The third-order valence-corrected chi connectivity index (χ3v) is 11.1. The van der Waals surface area contributed by atoms with Crippen LogP contribution in [0.5, 0.6) is 0 Å². The Balaban J connectivity index is 1.33. The highest BCUT2D eigenvalue weighted by Crippen LogP contribution is 2.43. The van der Waals surface area contributed by atoms with Crippen molar-refractivity contribution >= 4 is 41.4 Å². The van der Waals surface area contributed by atoms with Crippen molar-refractivity contribution in [2.24, 2.45) is 34.3 Å². The lowest BCUT2D eigenvalue weighted by molar-refractivity contribution is -0.144. The van der Waals surface area contributed by atoms with Crippen LogP contribution in [0.2, 0.25) is 0 Å². The third-order valence-electron chi connectivity index (χ3n) is 11.1. The maximum atomic E-state index is 14.5. The smallest absolute Gasteiger partial charge is 0.315 e. The van der Waals surface area contributed by atoms with Crippen LogP contribution < -0.4 is 21.7 Å². The number of imide groups is 1. The molecule has 0 spiro atoms. The topological polar surface area (TPSA) is 188 Å². The van der Waals surface area contributed by atoms with Gasteiger partial charge in [0, 0.05) is 6.54 Å². The van der Waals surface area contributed by atoms with Gasteiger partial charge in [-0.15, -0.1) is 0 Å². The molecule has 7 amide bonds. The second-order valence-electron chi connectivity index (χ2n) is 16.7. The van der Waals surface area contributed by atoms with Crippen molar-refractivity contribution in [3.8, 4) is 0 Å². The summed E-state index contributed by atoms with van der Waals surface area (Å²) in [5.74, 6) is -3.54. The van der Waals surface area contributed by atoms with Crippen LogP contribution in [0, 0.1) is 28.6 Å². The first-order valence-electron chi connectivity index (χ1n) is 17.8. The lowest BCUT2D eigenvalue weighted by Crippen LogP contribution is -2.62. The largest absolute Gasteiger partial charge is 0.363 e. The van der Waals surface area contributed by atoms with Crippen LogP contribution >= 0.6 is 0 Å². The first kappa shape index (κ1) is 37.0. The van der Waals surface area contributed by atoms with Crippen LogP contribution in [-0.2, 0) is 19.2 Å². The molecule has 1 aromatic rings. The van der Waals surface area contributed by atoms with Gasteiger partial charge in [0.15, 0.2) is 0 Å². The van der Waals surface area contributed by atoms with Crippen LogP contribution in [0.3, 0.4) is 0 Å². The van der Waals surface area contributed by atoms with Crippen molar-refractivity contribution in [2.45, 2.75) is 111 Å². The fourth-order valence-corrected chi connectivity index (χ4v) is 7.86. The van der Waals surface area contributed by atoms with Crippen molar-refractivity contribution in [2.75, 3.05) is 13.1 Å². The van der Waals surface area contributed by atoms with Crippen LogP contribution in [-0.4, -0.2) is 88.4 Å². The van der Waals surface area contributed by atoms with E-state index in [0.717, 1.165) is 43.4 Å². The van der Waals surface area contributed by atoms with Crippen molar-refractivity contribution in [3.05, 3.63) is 35.4 Å².